The molecule has 2 aromatic rings. The van der Waals surface area contributed by atoms with Gasteiger partial charge in [0.2, 0.25) is 5.91 Å². The molecule has 1 aliphatic heterocycles. The fourth-order valence-corrected chi connectivity index (χ4v) is 4.41. The Balaban J connectivity index is 0.00000225. The molecule has 2 fully saturated rings. The summed E-state index contributed by atoms with van der Waals surface area (Å²) in [7, 11) is 0. The Morgan fingerprint density at radius 2 is 1.61 bits per heavy atom. The van der Waals surface area contributed by atoms with Crippen LogP contribution in [0.2, 0.25) is 0 Å². The number of nitrogens with zero attached hydrogens (tertiary/aromatic N) is 1. The minimum absolute atomic E-state index is 0. The van der Waals surface area contributed by atoms with Gasteiger partial charge in [-0.2, -0.15) is 0 Å². The fourth-order valence-electron chi connectivity index (χ4n) is 4.41. The number of nitrogens with two attached hydrogens (primary N) is 1. The zero-order valence-corrected chi connectivity index (χ0v) is 16.5. The highest BCUT2D eigenvalue weighted by atomic mass is 35.5. The molecule has 0 aromatic heterocycles. The zero-order chi connectivity index (χ0) is 18.8. The van der Waals surface area contributed by atoms with E-state index in [1.165, 1.54) is 0 Å². The highest BCUT2D eigenvalue weighted by Crippen LogP contribution is 2.38. The number of rotatable bonds is 4. The van der Waals surface area contributed by atoms with Gasteiger partial charge in [-0.25, -0.2) is 0 Å². The first-order valence-electron chi connectivity index (χ1n) is 9.58. The van der Waals surface area contributed by atoms with Crippen molar-refractivity contribution in [2.45, 2.75) is 24.9 Å². The van der Waals surface area contributed by atoms with E-state index < -0.39 is 6.04 Å². The van der Waals surface area contributed by atoms with Gasteiger partial charge in [0.15, 0.2) is 0 Å². The second-order valence-corrected chi connectivity index (χ2v) is 7.59. The second-order valence-electron chi connectivity index (χ2n) is 7.59. The van der Waals surface area contributed by atoms with Crippen LogP contribution < -0.4 is 11.1 Å². The van der Waals surface area contributed by atoms with Crippen LogP contribution in [0.15, 0.2) is 60.7 Å². The van der Waals surface area contributed by atoms with Crippen LogP contribution in [-0.4, -0.2) is 35.8 Å². The van der Waals surface area contributed by atoms with Gasteiger partial charge in [0.25, 0.3) is 5.91 Å². The van der Waals surface area contributed by atoms with Crippen LogP contribution in [0.4, 0.5) is 0 Å². The topological polar surface area (TPSA) is 75.4 Å². The lowest BCUT2D eigenvalue weighted by Gasteiger charge is -2.26. The molecule has 0 radical (unpaired) electrons. The summed E-state index contributed by atoms with van der Waals surface area (Å²) in [5, 5.41) is 2.94. The third-order valence-electron chi connectivity index (χ3n) is 5.92. The Morgan fingerprint density at radius 3 is 2.25 bits per heavy atom. The van der Waals surface area contributed by atoms with Crippen LogP contribution >= 0.6 is 12.4 Å². The summed E-state index contributed by atoms with van der Waals surface area (Å²) >= 11 is 0. The van der Waals surface area contributed by atoms with Crippen LogP contribution in [0.25, 0.3) is 0 Å². The molecule has 2 aliphatic rings. The molecule has 148 valence electrons. The van der Waals surface area contributed by atoms with Gasteiger partial charge in [-0.05, 0) is 42.4 Å². The molecule has 1 aliphatic carbocycles. The van der Waals surface area contributed by atoms with Crippen molar-refractivity contribution >= 4 is 24.2 Å². The molecule has 0 spiro atoms. The molecule has 2 aromatic carbocycles. The van der Waals surface area contributed by atoms with E-state index in [-0.39, 0.29) is 30.3 Å². The minimum Gasteiger partial charge on any atom is -0.340 e. The number of halogens is 1. The largest absolute Gasteiger partial charge is 0.340 e. The number of benzene rings is 2. The second kappa shape index (κ2) is 8.76. The molecular formula is C22H26ClN3O2. The number of amides is 2. The standard InChI is InChI=1S/C22H25N3O2.ClH/c23-19-12-11-17-13-25(14-18(17)19)22(27)20(15-7-3-1-4-8-15)24-21(26)16-9-5-2-6-10-16;/h1-10,17-20H,11-14,23H2,(H,24,26);1H. The van der Waals surface area contributed by atoms with E-state index in [0.29, 0.717) is 23.9 Å². The average molecular weight is 400 g/mol. The lowest BCUT2D eigenvalue weighted by Crippen LogP contribution is -2.43. The monoisotopic (exact) mass is 399 g/mol. The number of carbonyl (C=O) groups excluding carboxylic acids is 2. The van der Waals surface area contributed by atoms with E-state index in [4.69, 9.17) is 5.73 Å². The molecule has 1 saturated heterocycles. The first-order chi connectivity index (χ1) is 13.1. The Kier molecular flexibility index (Phi) is 6.37. The molecule has 3 N–H and O–H groups in total. The molecule has 1 heterocycles. The van der Waals surface area contributed by atoms with E-state index >= 15 is 0 Å². The van der Waals surface area contributed by atoms with Gasteiger partial charge in [-0.1, -0.05) is 48.5 Å². The normalized spacial score (nSPS) is 24.2. The van der Waals surface area contributed by atoms with E-state index in [1.54, 1.807) is 12.1 Å². The molecule has 5 nitrogen and oxygen atoms in total. The van der Waals surface area contributed by atoms with Gasteiger partial charge in [-0.15, -0.1) is 12.4 Å². The third-order valence-corrected chi connectivity index (χ3v) is 5.92. The van der Waals surface area contributed by atoms with Gasteiger partial charge in [-0.3, -0.25) is 9.59 Å². The summed E-state index contributed by atoms with van der Waals surface area (Å²) in [6.07, 6.45) is 2.13. The maximum absolute atomic E-state index is 13.3. The SMILES string of the molecule is Cl.NC1CCC2CN(C(=O)C(NC(=O)c3ccccc3)c3ccccc3)CC12. The molecule has 28 heavy (non-hydrogen) atoms. The lowest BCUT2D eigenvalue weighted by molar-refractivity contribution is -0.132. The van der Waals surface area contributed by atoms with Crippen molar-refractivity contribution in [2.75, 3.05) is 13.1 Å². The number of carbonyl (C=O) groups is 2. The van der Waals surface area contributed by atoms with Crippen molar-refractivity contribution in [1.29, 1.82) is 0 Å². The summed E-state index contributed by atoms with van der Waals surface area (Å²) in [5.74, 6) is 0.585. The number of nitrogens with one attached hydrogen (secondary N) is 1. The van der Waals surface area contributed by atoms with E-state index in [1.807, 2.05) is 53.4 Å². The maximum Gasteiger partial charge on any atom is 0.252 e. The first-order valence-corrected chi connectivity index (χ1v) is 9.58. The molecule has 1 saturated carbocycles. The molecule has 6 heteroatoms. The summed E-state index contributed by atoms with van der Waals surface area (Å²) in [6, 6.07) is 17.9. The lowest BCUT2D eigenvalue weighted by atomic mass is 9.98. The Bertz CT molecular complexity index is 815. The van der Waals surface area contributed by atoms with E-state index in [9.17, 15) is 9.59 Å². The predicted molar refractivity (Wildman–Crippen MR) is 111 cm³/mol. The first kappa shape index (κ1) is 20.4. The number of likely N-dealkylation sites (tertiary alicyclic amines) is 1. The van der Waals surface area contributed by atoms with Crippen LogP contribution in [0.3, 0.4) is 0 Å². The fraction of sp³-hybridized carbons (Fsp3) is 0.364. The minimum atomic E-state index is -0.686. The van der Waals surface area contributed by atoms with Crippen LogP contribution in [0, 0.1) is 11.8 Å². The average Bonchev–Trinajstić information content (AvgIpc) is 3.29. The van der Waals surface area contributed by atoms with Gasteiger partial charge >= 0.3 is 0 Å². The van der Waals surface area contributed by atoms with Crippen molar-refractivity contribution < 1.29 is 9.59 Å². The number of fused-ring (bicyclic) bond motifs is 1. The predicted octanol–water partition coefficient (Wildman–Crippen LogP) is 2.78. The zero-order valence-electron chi connectivity index (χ0n) is 15.7. The Morgan fingerprint density at radius 1 is 0.964 bits per heavy atom. The smallest absolute Gasteiger partial charge is 0.252 e. The summed E-state index contributed by atoms with van der Waals surface area (Å²) < 4.78 is 0. The van der Waals surface area contributed by atoms with E-state index in [2.05, 4.69) is 5.32 Å². The molecule has 4 rings (SSSR count). The molecule has 0 bridgehead atoms. The molecular weight excluding hydrogens is 374 g/mol. The van der Waals surface area contributed by atoms with Crippen molar-refractivity contribution in [3.8, 4) is 0 Å². The van der Waals surface area contributed by atoms with Gasteiger partial charge in [0.1, 0.15) is 6.04 Å². The highest BCUT2D eigenvalue weighted by molar-refractivity contribution is 5.97. The summed E-state index contributed by atoms with van der Waals surface area (Å²) in [5.41, 5.74) is 7.57. The summed E-state index contributed by atoms with van der Waals surface area (Å²) in [6.45, 7) is 1.43. The van der Waals surface area contributed by atoms with Gasteiger partial charge in [0.05, 0.1) is 0 Å². The van der Waals surface area contributed by atoms with Gasteiger partial charge < -0.3 is 16.0 Å². The Hall–Kier alpha value is -2.37. The van der Waals surface area contributed by atoms with Crippen molar-refractivity contribution in [3.63, 3.8) is 0 Å². The molecule has 2 amide bonds. The summed E-state index contributed by atoms with van der Waals surface area (Å²) in [4.78, 5) is 27.9. The number of hydrogen-bond donors (Lipinski definition) is 2. The molecule has 4 atom stereocenters. The van der Waals surface area contributed by atoms with E-state index in [0.717, 1.165) is 24.9 Å². The van der Waals surface area contributed by atoms with Crippen LogP contribution in [0.1, 0.15) is 34.8 Å². The highest BCUT2D eigenvalue weighted by Gasteiger charge is 2.44. The van der Waals surface area contributed by atoms with Gasteiger partial charge in [0, 0.05) is 24.7 Å². The Labute approximate surface area is 171 Å². The number of hydrogen-bond acceptors (Lipinski definition) is 3. The van der Waals surface area contributed by atoms with Crippen molar-refractivity contribution in [3.05, 3.63) is 71.8 Å². The maximum atomic E-state index is 13.3. The third kappa shape index (κ3) is 4.05. The van der Waals surface area contributed by atoms with Crippen LogP contribution in [0.5, 0.6) is 0 Å². The quantitative estimate of drug-likeness (QED) is 0.830. The van der Waals surface area contributed by atoms with Crippen molar-refractivity contribution in [2.24, 2.45) is 17.6 Å². The molecule has 4 unspecified atom stereocenters. The van der Waals surface area contributed by atoms with Crippen LogP contribution in [-0.2, 0) is 4.79 Å². The van der Waals surface area contributed by atoms with Crippen molar-refractivity contribution in [1.82, 2.24) is 10.2 Å².